The van der Waals surface area contributed by atoms with Gasteiger partial charge in [0.1, 0.15) is 11.5 Å². The lowest BCUT2D eigenvalue weighted by molar-refractivity contribution is -0.132. The first-order valence-electron chi connectivity index (χ1n) is 10.6. The molecule has 1 aromatic heterocycles. The van der Waals surface area contributed by atoms with Gasteiger partial charge < -0.3 is 15.2 Å². The molecule has 2 amide bonds. The molecule has 1 unspecified atom stereocenters. The van der Waals surface area contributed by atoms with Crippen LogP contribution in [0, 0.1) is 6.92 Å². The quantitative estimate of drug-likeness (QED) is 0.341. The highest BCUT2D eigenvalue weighted by atomic mass is 16.5. The Balaban J connectivity index is 1.90. The minimum Gasteiger partial charge on any atom is -0.507 e. The molecule has 0 aliphatic carbocycles. The van der Waals surface area contributed by atoms with Crippen molar-refractivity contribution in [3.05, 3.63) is 89.3 Å². The largest absolute Gasteiger partial charge is 0.507 e. The first-order valence-corrected chi connectivity index (χ1v) is 10.6. The number of ketones is 1. The van der Waals surface area contributed by atoms with E-state index in [9.17, 15) is 19.5 Å². The fourth-order valence-electron chi connectivity index (χ4n) is 4.07. The van der Waals surface area contributed by atoms with Gasteiger partial charge in [-0.25, -0.2) is 0 Å². The third-order valence-electron chi connectivity index (χ3n) is 5.56. The Morgan fingerprint density at radius 3 is 2.56 bits per heavy atom. The van der Waals surface area contributed by atoms with Gasteiger partial charge in [0.05, 0.1) is 18.7 Å². The molecule has 34 heavy (non-hydrogen) atoms. The van der Waals surface area contributed by atoms with Gasteiger partial charge in [0.2, 0.25) is 5.91 Å². The van der Waals surface area contributed by atoms with E-state index in [1.165, 1.54) is 11.8 Å². The Morgan fingerprint density at radius 2 is 1.91 bits per heavy atom. The first-order chi connectivity index (χ1) is 16.3. The summed E-state index contributed by atoms with van der Waals surface area (Å²) in [5.74, 6) is -1.53. The number of nitrogens with one attached hydrogen (secondary N) is 1. The third-order valence-corrected chi connectivity index (χ3v) is 5.56. The molecule has 1 aliphatic heterocycles. The summed E-state index contributed by atoms with van der Waals surface area (Å²) in [5.41, 5.74) is 2.53. The molecule has 0 saturated carbocycles. The minimum atomic E-state index is -0.913. The van der Waals surface area contributed by atoms with Crippen LogP contribution in [-0.4, -0.2) is 34.8 Å². The molecule has 2 heterocycles. The molecule has 2 aromatic carbocycles. The molecule has 0 bridgehead atoms. The van der Waals surface area contributed by atoms with Crippen LogP contribution < -0.4 is 15.0 Å². The van der Waals surface area contributed by atoms with Gasteiger partial charge in [-0.15, -0.1) is 0 Å². The average Bonchev–Trinajstić information content (AvgIpc) is 3.09. The van der Waals surface area contributed by atoms with E-state index in [-0.39, 0.29) is 17.2 Å². The van der Waals surface area contributed by atoms with Gasteiger partial charge in [-0.05, 0) is 60.5 Å². The summed E-state index contributed by atoms with van der Waals surface area (Å²) in [7, 11) is 1.55. The number of pyridine rings is 1. The maximum atomic E-state index is 13.2. The summed E-state index contributed by atoms with van der Waals surface area (Å²) in [6.45, 7) is 3.20. The van der Waals surface area contributed by atoms with Gasteiger partial charge in [0.15, 0.2) is 0 Å². The Bertz CT molecular complexity index is 1320. The molecule has 3 aromatic rings. The van der Waals surface area contributed by atoms with Crippen LogP contribution in [0.4, 0.5) is 11.4 Å². The van der Waals surface area contributed by atoms with Crippen molar-refractivity contribution >= 4 is 34.7 Å². The molecule has 8 heteroatoms. The van der Waals surface area contributed by atoms with Crippen LogP contribution in [0.15, 0.2) is 72.6 Å². The number of nitrogens with zero attached hydrogens (tertiary/aromatic N) is 2. The molecule has 1 atom stereocenters. The zero-order chi connectivity index (χ0) is 24.4. The molecule has 172 valence electrons. The Labute approximate surface area is 196 Å². The van der Waals surface area contributed by atoms with Gasteiger partial charge in [0.25, 0.3) is 11.7 Å². The van der Waals surface area contributed by atoms with Crippen LogP contribution in [0.2, 0.25) is 0 Å². The number of carbonyl (C=O) groups is 3. The maximum absolute atomic E-state index is 13.2. The second-order valence-corrected chi connectivity index (χ2v) is 7.87. The summed E-state index contributed by atoms with van der Waals surface area (Å²) in [4.78, 5) is 43.4. The maximum Gasteiger partial charge on any atom is 0.300 e. The van der Waals surface area contributed by atoms with Crippen LogP contribution in [0.25, 0.3) is 5.76 Å². The average molecular weight is 457 g/mol. The summed E-state index contributed by atoms with van der Waals surface area (Å²) in [6.07, 6.45) is 3.13. The number of benzene rings is 2. The number of aryl methyl sites for hydroxylation is 1. The zero-order valence-electron chi connectivity index (χ0n) is 18.9. The number of hydrogen-bond acceptors (Lipinski definition) is 6. The summed E-state index contributed by atoms with van der Waals surface area (Å²) < 4.78 is 5.28. The monoisotopic (exact) mass is 457 g/mol. The van der Waals surface area contributed by atoms with Crippen molar-refractivity contribution in [3.8, 4) is 5.75 Å². The van der Waals surface area contributed by atoms with Crippen LogP contribution in [0.3, 0.4) is 0 Å². The van der Waals surface area contributed by atoms with Crippen LogP contribution in [-0.2, 0) is 14.4 Å². The molecule has 0 radical (unpaired) electrons. The number of methoxy groups -OCH3 is 1. The van der Waals surface area contributed by atoms with E-state index in [0.717, 1.165) is 5.56 Å². The fraction of sp³-hybridized carbons (Fsp3) is 0.154. The van der Waals surface area contributed by atoms with Gasteiger partial charge in [0, 0.05) is 36.3 Å². The molecule has 8 nitrogen and oxygen atoms in total. The topological polar surface area (TPSA) is 109 Å². The Morgan fingerprint density at radius 1 is 1.12 bits per heavy atom. The smallest absolute Gasteiger partial charge is 0.300 e. The second kappa shape index (κ2) is 9.19. The van der Waals surface area contributed by atoms with E-state index in [0.29, 0.717) is 28.3 Å². The zero-order valence-corrected chi connectivity index (χ0v) is 18.9. The second-order valence-electron chi connectivity index (χ2n) is 7.87. The molecular formula is C26H23N3O5. The summed E-state index contributed by atoms with van der Waals surface area (Å²) in [5, 5.41) is 13.9. The number of aromatic nitrogens is 1. The number of rotatable bonds is 5. The predicted octanol–water partition coefficient (Wildman–Crippen LogP) is 3.98. The van der Waals surface area contributed by atoms with E-state index in [1.807, 2.05) is 6.92 Å². The molecule has 1 aliphatic rings. The summed E-state index contributed by atoms with van der Waals surface area (Å²) in [6, 6.07) is 14.2. The number of carbonyl (C=O) groups excluding carboxylic acids is 3. The minimum absolute atomic E-state index is 0.0486. The van der Waals surface area contributed by atoms with Gasteiger partial charge in [-0.3, -0.25) is 24.3 Å². The van der Waals surface area contributed by atoms with E-state index < -0.39 is 17.7 Å². The van der Waals surface area contributed by atoms with Crippen molar-refractivity contribution in [2.75, 3.05) is 17.3 Å². The van der Waals surface area contributed by atoms with Gasteiger partial charge in [-0.2, -0.15) is 0 Å². The van der Waals surface area contributed by atoms with Crippen LogP contribution in [0.1, 0.15) is 29.7 Å². The number of aliphatic hydroxyl groups excluding tert-OH is 1. The third kappa shape index (κ3) is 4.13. The lowest BCUT2D eigenvalue weighted by Crippen LogP contribution is -2.29. The first kappa shape index (κ1) is 22.7. The predicted molar refractivity (Wildman–Crippen MR) is 127 cm³/mol. The molecule has 2 N–H and O–H groups in total. The SMILES string of the molecule is COc1ccc(/C(O)=C2\C(=O)C(=O)N(c3cccc(NC(C)=O)c3)C2c2cccnc2)cc1C. The van der Waals surface area contributed by atoms with E-state index in [4.69, 9.17) is 4.74 Å². The lowest BCUT2D eigenvalue weighted by atomic mass is 9.95. The van der Waals surface area contributed by atoms with E-state index in [2.05, 4.69) is 10.3 Å². The molecule has 4 rings (SSSR count). The van der Waals surface area contributed by atoms with Crippen molar-refractivity contribution < 1.29 is 24.2 Å². The highest BCUT2D eigenvalue weighted by molar-refractivity contribution is 6.51. The Hall–Kier alpha value is -4.46. The number of hydrogen-bond donors (Lipinski definition) is 2. The highest BCUT2D eigenvalue weighted by Crippen LogP contribution is 2.42. The van der Waals surface area contributed by atoms with Crippen molar-refractivity contribution in [3.63, 3.8) is 0 Å². The molecule has 1 fully saturated rings. The number of amides is 2. The van der Waals surface area contributed by atoms with Crippen LogP contribution >= 0.6 is 0 Å². The fourth-order valence-corrected chi connectivity index (χ4v) is 4.07. The number of ether oxygens (including phenoxy) is 1. The standard InChI is InChI=1S/C26H23N3O5/c1-15-12-17(9-10-21(15)34-3)24(31)22-23(18-6-5-11-27-14-18)29(26(33)25(22)32)20-8-4-7-19(13-20)28-16(2)30/h4-14,23,31H,1-3H3,(H,28,30)/b24-22+. The van der Waals surface area contributed by atoms with Crippen molar-refractivity contribution in [2.45, 2.75) is 19.9 Å². The normalized spacial score (nSPS) is 17.0. The van der Waals surface area contributed by atoms with Crippen molar-refractivity contribution in [1.82, 2.24) is 4.98 Å². The Kier molecular flexibility index (Phi) is 6.14. The number of anilines is 2. The molecule has 1 saturated heterocycles. The van der Waals surface area contributed by atoms with E-state index >= 15 is 0 Å². The summed E-state index contributed by atoms with van der Waals surface area (Å²) >= 11 is 0. The van der Waals surface area contributed by atoms with Gasteiger partial charge in [-0.1, -0.05) is 12.1 Å². The van der Waals surface area contributed by atoms with Gasteiger partial charge >= 0.3 is 0 Å². The van der Waals surface area contributed by atoms with Crippen LogP contribution in [0.5, 0.6) is 5.75 Å². The lowest BCUT2D eigenvalue weighted by Gasteiger charge is -2.25. The molecular weight excluding hydrogens is 434 g/mol. The number of Topliss-reactive ketones (excluding diaryl/α,β-unsaturated/α-hetero) is 1. The van der Waals surface area contributed by atoms with Crippen molar-refractivity contribution in [2.24, 2.45) is 0 Å². The highest BCUT2D eigenvalue weighted by Gasteiger charge is 2.47. The molecule has 0 spiro atoms. The number of aliphatic hydroxyl groups is 1. The van der Waals surface area contributed by atoms with E-state index in [1.54, 1.807) is 74.1 Å². The van der Waals surface area contributed by atoms with Crippen molar-refractivity contribution in [1.29, 1.82) is 0 Å².